The van der Waals surface area contributed by atoms with Gasteiger partial charge in [-0.2, -0.15) is 0 Å². The molecule has 0 aliphatic carbocycles. The molecule has 1 N–H and O–H groups in total. The number of nitrogens with one attached hydrogen (secondary N) is 1. The monoisotopic (exact) mass is 232 g/mol. The van der Waals surface area contributed by atoms with Gasteiger partial charge < -0.3 is 9.72 Å². The molecule has 1 aromatic carbocycles. The van der Waals surface area contributed by atoms with Crippen LogP contribution in [0.1, 0.15) is 26.7 Å². The second-order valence-electron chi connectivity index (χ2n) is 4.02. The number of carbonyl (C=O) groups excluding carboxylic acids is 1. The van der Waals surface area contributed by atoms with Crippen LogP contribution < -0.4 is 4.74 Å². The number of imidazole rings is 1. The maximum absolute atomic E-state index is 11.8. The molecule has 1 heterocycles. The highest BCUT2D eigenvalue weighted by atomic mass is 16.5. The highest BCUT2D eigenvalue weighted by molar-refractivity contribution is 5.79. The average molecular weight is 232 g/mol. The van der Waals surface area contributed by atoms with Crippen molar-refractivity contribution in [3.05, 3.63) is 24.5 Å². The first kappa shape index (κ1) is 11.6. The number of aromatic amines is 1. The van der Waals surface area contributed by atoms with E-state index in [0.717, 1.165) is 23.9 Å². The van der Waals surface area contributed by atoms with Crippen LogP contribution in [0.2, 0.25) is 0 Å². The number of fused-ring (bicyclic) bond motifs is 1. The fraction of sp³-hybridized carbons (Fsp3) is 0.385. The molecule has 0 unspecified atom stereocenters. The fourth-order valence-corrected chi connectivity index (χ4v) is 1.80. The Labute approximate surface area is 100 Å². The molecule has 0 saturated heterocycles. The van der Waals surface area contributed by atoms with Gasteiger partial charge in [0.2, 0.25) is 0 Å². The fourth-order valence-electron chi connectivity index (χ4n) is 1.80. The minimum absolute atomic E-state index is 0.0233. The predicted molar refractivity (Wildman–Crippen MR) is 65.8 cm³/mol. The highest BCUT2D eigenvalue weighted by Gasteiger charge is 2.16. The van der Waals surface area contributed by atoms with Crippen molar-refractivity contribution in [2.24, 2.45) is 5.92 Å². The van der Waals surface area contributed by atoms with E-state index in [1.165, 1.54) is 0 Å². The summed E-state index contributed by atoms with van der Waals surface area (Å²) in [7, 11) is 0. The Kier molecular flexibility index (Phi) is 3.42. The van der Waals surface area contributed by atoms with Crippen molar-refractivity contribution in [1.29, 1.82) is 0 Å². The van der Waals surface area contributed by atoms with Crippen LogP contribution in [0, 0.1) is 5.92 Å². The number of esters is 1. The molecule has 0 fully saturated rings. The van der Waals surface area contributed by atoms with Crippen LogP contribution in [-0.4, -0.2) is 15.9 Å². The first-order chi connectivity index (χ1) is 8.24. The van der Waals surface area contributed by atoms with E-state index in [2.05, 4.69) is 9.97 Å². The summed E-state index contributed by atoms with van der Waals surface area (Å²) in [4.78, 5) is 18.9. The Morgan fingerprint density at radius 3 is 2.88 bits per heavy atom. The summed E-state index contributed by atoms with van der Waals surface area (Å²) >= 11 is 0. The molecule has 0 atom stereocenters. The summed E-state index contributed by atoms with van der Waals surface area (Å²) in [6, 6.07) is 5.41. The Bertz CT molecular complexity index is 515. The molecule has 17 heavy (non-hydrogen) atoms. The van der Waals surface area contributed by atoms with Crippen molar-refractivity contribution in [1.82, 2.24) is 9.97 Å². The van der Waals surface area contributed by atoms with Gasteiger partial charge in [-0.05, 0) is 25.0 Å². The lowest BCUT2D eigenvalue weighted by Crippen LogP contribution is -2.19. The molecule has 2 rings (SSSR count). The van der Waals surface area contributed by atoms with Crippen molar-refractivity contribution in [2.75, 3.05) is 0 Å². The van der Waals surface area contributed by atoms with Gasteiger partial charge in [0.25, 0.3) is 0 Å². The summed E-state index contributed by atoms with van der Waals surface area (Å²) in [5.41, 5.74) is 1.74. The summed E-state index contributed by atoms with van der Waals surface area (Å²) in [6.45, 7) is 3.98. The first-order valence-corrected chi connectivity index (χ1v) is 5.89. The maximum atomic E-state index is 11.8. The molecule has 0 bridgehead atoms. The van der Waals surface area contributed by atoms with Crippen molar-refractivity contribution in [3.63, 3.8) is 0 Å². The van der Waals surface area contributed by atoms with Gasteiger partial charge in [-0.3, -0.25) is 4.79 Å². The van der Waals surface area contributed by atoms with Crippen LogP contribution in [0.3, 0.4) is 0 Å². The number of ether oxygens (including phenoxy) is 1. The van der Waals surface area contributed by atoms with Gasteiger partial charge in [-0.1, -0.05) is 13.8 Å². The lowest BCUT2D eigenvalue weighted by molar-refractivity contribution is -0.139. The third-order valence-corrected chi connectivity index (χ3v) is 2.93. The largest absolute Gasteiger partial charge is 0.426 e. The van der Waals surface area contributed by atoms with Crippen molar-refractivity contribution >= 4 is 17.0 Å². The Morgan fingerprint density at radius 1 is 1.41 bits per heavy atom. The summed E-state index contributed by atoms with van der Waals surface area (Å²) in [6.07, 6.45) is 3.23. The number of aromatic nitrogens is 2. The molecule has 4 heteroatoms. The lowest BCUT2D eigenvalue weighted by atomic mass is 10.0. The molecule has 0 aliphatic rings. The standard InChI is InChI=1S/C13H16N2O2/c1-3-9(4-2)13(16)17-10-5-6-11-12(7-10)15-8-14-11/h5-9H,3-4H2,1-2H3,(H,14,15). The summed E-state index contributed by atoms with van der Waals surface area (Å²) in [5.74, 6) is 0.372. The second kappa shape index (κ2) is 4.99. The number of carbonyl (C=O) groups is 1. The molecule has 0 saturated carbocycles. The maximum Gasteiger partial charge on any atom is 0.314 e. The molecule has 0 aliphatic heterocycles. The molecule has 0 radical (unpaired) electrons. The smallest absolute Gasteiger partial charge is 0.314 e. The molecule has 2 aromatic rings. The van der Waals surface area contributed by atoms with Gasteiger partial charge in [-0.15, -0.1) is 0 Å². The normalized spacial score (nSPS) is 11.0. The first-order valence-electron chi connectivity index (χ1n) is 5.89. The summed E-state index contributed by atoms with van der Waals surface area (Å²) in [5, 5.41) is 0. The van der Waals surface area contributed by atoms with E-state index in [0.29, 0.717) is 5.75 Å². The van der Waals surface area contributed by atoms with Gasteiger partial charge >= 0.3 is 5.97 Å². The molecule has 0 amide bonds. The van der Waals surface area contributed by atoms with E-state index in [1.54, 1.807) is 18.5 Å². The third-order valence-electron chi connectivity index (χ3n) is 2.93. The molecule has 90 valence electrons. The van der Waals surface area contributed by atoms with E-state index < -0.39 is 0 Å². The van der Waals surface area contributed by atoms with E-state index in [9.17, 15) is 4.79 Å². The quantitative estimate of drug-likeness (QED) is 0.651. The molecule has 0 spiro atoms. The molecule has 4 nitrogen and oxygen atoms in total. The van der Waals surface area contributed by atoms with Gasteiger partial charge in [0.05, 0.1) is 23.3 Å². The average Bonchev–Trinajstić information content (AvgIpc) is 2.77. The number of nitrogens with zero attached hydrogens (tertiary/aromatic N) is 1. The highest BCUT2D eigenvalue weighted by Crippen LogP contribution is 2.20. The van der Waals surface area contributed by atoms with Gasteiger partial charge in [-0.25, -0.2) is 4.98 Å². The zero-order valence-corrected chi connectivity index (χ0v) is 10.1. The zero-order valence-electron chi connectivity index (χ0n) is 10.1. The van der Waals surface area contributed by atoms with Crippen LogP contribution in [0.25, 0.3) is 11.0 Å². The van der Waals surface area contributed by atoms with Crippen LogP contribution in [0.15, 0.2) is 24.5 Å². The van der Waals surface area contributed by atoms with Crippen LogP contribution >= 0.6 is 0 Å². The van der Waals surface area contributed by atoms with Crippen molar-refractivity contribution in [3.8, 4) is 5.75 Å². The number of hydrogen-bond donors (Lipinski definition) is 1. The summed E-state index contributed by atoms with van der Waals surface area (Å²) < 4.78 is 5.34. The van der Waals surface area contributed by atoms with Gasteiger partial charge in [0, 0.05) is 6.07 Å². The third kappa shape index (κ3) is 2.46. The van der Waals surface area contributed by atoms with Crippen LogP contribution in [0.4, 0.5) is 0 Å². The van der Waals surface area contributed by atoms with E-state index in [1.807, 2.05) is 19.9 Å². The van der Waals surface area contributed by atoms with Crippen molar-refractivity contribution < 1.29 is 9.53 Å². The van der Waals surface area contributed by atoms with E-state index in [4.69, 9.17) is 4.74 Å². The number of benzene rings is 1. The van der Waals surface area contributed by atoms with Gasteiger partial charge in [0.15, 0.2) is 0 Å². The number of H-pyrrole nitrogens is 1. The topological polar surface area (TPSA) is 55.0 Å². The zero-order chi connectivity index (χ0) is 12.3. The Balaban J connectivity index is 2.14. The predicted octanol–water partition coefficient (Wildman–Crippen LogP) is 2.90. The molecular weight excluding hydrogens is 216 g/mol. The SMILES string of the molecule is CCC(CC)C(=O)Oc1ccc2[nH]cnc2c1. The number of hydrogen-bond acceptors (Lipinski definition) is 3. The lowest BCUT2D eigenvalue weighted by Gasteiger charge is -2.11. The van der Waals surface area contributed by atoms with Gasteiger partial charge in [0.1, 0.15) is 5.75 Å². The van der Waals surface area contributed by atoms with Crippen molar-refractivity contribution in [2.45, 2.75) is 26.7 Å². The van der Waals surface area contributed by atoms with E-state index >= 15 is 0 Å². The Hall–Kier alpha value is -1.84. The molecule has 1 aromatic heterocycles. The van der Waals surface area contributed by atoms with Crippen LogP contribution in [0.5, 0.6) is 5.75 Å². The number of rotatable bonds is 4. The van der Waals surface area contributed by atoms with E-state index in [-0.39, 0.29) is 11.9 Å². The molecular formula is C13H16N2O2. The minimum Gasteiger partial charge on any atom is -0.426 e. The minimum atomic E-state index is -0.162. The second-order valence-corrected chi connectivity index (χ2v) is 4.02. The Morgan fingerprint density at radius 2 is 2.18 bits per heavy atom. The van der Waals surface area contributed by atoms with Crippen LogP contribution in [-0.2, 0) is 4.79 Å².